The molecule has 0 radical (unpaired) electrons. The van der Waals surface area contributed by atoms with Crippen molar-refractivity contribution in [2.45, 2.75) is 82.6 Å². The third kappa shape index (κ3) is 5.20. The van der Waals surface area contributed by atoms with Crippen molar-refractivity contribution in [3.63, 3.8) is 0 Å². The van der Waals surface area contributed by atoms with Gasteiger partial charge < -0.3 is 24.8 Å². The van der Waals surface area contributed by atoms with Crippen LogP contribution in [0.2, 0.25) is 10.2 Å². The number of aromatic nitrogens is 1. The number of benzene rings is 1. The Morgan fingerprint density at radius 2 is 1.93 bits per heavy atom. The lowest BCUT2D eigenvalue weighted by Gasteiger charge is -2.38. The van der Waals surface area contributed by atoms with E-state index in [9.17, 15) is 9.59 Å². The molecule has 12 heteroatoms. The van der Waals surface area contributed by atoms with Gasteiger partial charge in [0, 0.05) is 48.7 Å². The first-order valence-electron chi connectivity index (χ1n) is 16.1. The average Bonchev–Trinajstić information content (AvgIpc) is 3.35. The average molecular weight is 684 g/mol. The van der Waals surface area contributed by atoms with Gasteiger partial charge in [-0.15, -0.1) is 0 Å². The van der Waals surface area contributed by atoms with Gasteiger partial charge in [-0.2, -0.15) is 0 Å². The van der Waals surface area contributed by atoms with Crippen LogP contribution in [0, 0.1) is 5.92 Å². The van der Waals surface area contributed by atoms with E-state index in [4.69, 9.17) is 32.9 Å². The number of hydrogen-bond acceptors (Lipinski definition) is 8. The Morgan fingerprint density at radius 3 is 2.61 bits per heavy atom. The molecule has 1 saturated carbocycles. The van der Waals surface area contributed by atoms with Crippen LogP contribution in [0.1, 0.15) is 70.5 Å². The summed E-state index contributed by atoms with van der Waals surface area (Å²) in [7, 11) is 1.60. The van der Waals surface area contributed by atoms with Crippen molar-refractivity contribution in [1.82, 2.24) is 25.0 Å². The van der Waals surface area contributed by atoms with Crippen LogP contribution >= 0.6 is 35.0 Å². The van der Waals surface area contributed by atoms with Crippen molar-refractivity contribution in [2.75, 3.05) is 26.7 Å². The Labute approximate surface area is 284 Å². The van der Waals surface area contributed by atoms with Crippen LogP contribution in [-0.4, -0.2) is 81.0 Å². The number of nitrogens with one attached hydrogen (secondary N) is 1. The van der Waals surface area contributed by atoms with E-state index in [2.05, 4.69) is 42.9 Å². The van der Waals surface area contributed by atoms with Gasteiger partial charge in [0.15, 0.2) is 5.17 Å². The number of ether oxygens (including phenoxy) is 1. The van der Waals surface area contributed by atoms with Crippen LogP contribution in [0.3, 0.4) is 0 Å². The Kier molecular flexibility index (Phi) is 8.10. The van der Waals surface area contributed by atoms with Crippen LogP contribution < -0.4 is 10.1 Å². The molecule has 7 rings (SSSR count). The van der Waals surface area contributed by atoms with E-state index in [1.54, 1.807) is 19.4 Å². The standard InChI is InChI=1S/C34H40Cl2N6O3S/c1-19(2)27-28(31(44)41-20(3)6-10-24(41)30(43)40-15-14-38-34(18-40)12-13-34)46-32-39-33(4,22-8-11-26(36)37-17-22)29(42(27)32)21-7-9-23(35)25(16-21)45-5/h7-9,11,16-17,19-20,24,29,38H,6,10,12-15,18H2,1-5H3/t20-,24-,29-,33+/m1/s1. The van der Waals surface area contributed by atoms with Gasteiger partial charge in [-0.3, -0.25) is 9.59 Å². The van der Waals surface area contributed by atoms with E-state index in [-0.39, 0.29) is 35.4 Å². The molecule has 4 aliphatic heterocycles. The number of carbonyl (C=O) groups excluding carboxylic acids is 2. The zero-order chi connectivity index (χ0) is 32.5. The first-order valence-corrected chi connectivity index (χ1v) is 17.7. The summed E-state index contributed by atoms with van der Waals surface area (Å²) in [6, 6.07) is 8.70. The Bertz CT molecular complexity index is 1640. The van der Waals surface area contributed by atoms with Crippen LogP contribution in [0.25, 0.3) is 0 Å². The third-order valence-electron chi connectivity index (χ3n) is 10.3. The van der Waals surface area contributed by atoms with E-state index < -0.39 is 11.6 Å². The van der Waals surface area contributed by atoms with Crippen molar-refractivity contribution in [2.24, 2.45) is 10.9 Å². The number of aliphatic imine (C=N–C) groups is 1. The van der Waals surface area contributed by atoms with Gasteiger partial charge in [0.05, 0.1) is 18.2 Å². The van der Waals surface area contributed by atoms with Crippen molar-refractivity contribution in [3.05, 3.63) is 68.4 Å². The molecule has 1 aromatic heterocycles. The molecule has 2 saturated heterocycles. The third-order valence-corrected chi connectivity index (χ3v) is 11.9. The number of likely N-dealkylation sites (tertiary alicyclic amines) is 1. The summed E-state index contributed by atoms with van der Waals surface area (Å²) >= 11 is 14.1. The highest BCUT2D eigenvalue weighted by Crippen LogP contribution is 2.57. The maximum absolute atomic E-state index is 14.7. The first-order chi connectivity index (χ1) is 22.0. The number of pyridine rings is 1. The second kappa shape index (κ2) is 11.7. The lowest BCUT2D eigenvalue weighted by Crippen LogP contribution is -2.58. The maximum atomic E-state index is 14.7. The SMILES string of the molecule is COc1cc([C@H]2N3C(=N[C@@]2(C)c2ccc(Cl)nc2)SC(C(=O)N2[C@H](C)CC[C@@H]2C(=O)N2CCNC4(CC4)C2)=C3C(C)C)ccc1Cl. The molecule has 3 fully saturated rings. The lowest BCUT2D eigenvalue weighted by molar-refractivity contribution is -0.144. The predicted octanol–water partition coefficient (Wildman–Crippen LogP) is 5.98. The zero-order valence-electron chi connectivity index (χ0n) is 26.8. The van der Waals surface area contributed by atoms with Crippen molar-refractivity contribution in [1.29, 1.82) is 0 Å². The minimum absolute atomic E-state index is 0.00325. The molecular weight excluding hydrogens is 643 g/mol. The Hall–Kier alpha value is -2.79. The van der Waals surface area contributed by atoms with E-state index in [0.717, 1.165) is 54.3 Å². The molecule has 1 aliphatic carbocycles. The van der Waals surface area contributed by atoms with Gasteiger partial charge in [0.1, 0.15) is 27.4 Å². The number of amides is 2. The van der Waals surface area contributed by atoms with Gasteiger partial charge in [-0.1, -0.05) is 49.2 Å². The van der Waals surface area contributed by atoms with Crippen LogP contribution in [0.4, 0.5) is 0 Å². The molecule has 9 nitrogen and oxygen atoms in total. The quantitative estimate of drug-likeness (QED) is 0.375. The number of amidine groups is 1. The van der Waals surface area contributed by atoms with Crippen molar-refractivity contribution in [3.8, 4) is 5.75 Å². The van der Waals surface area contributed by atoms with Gasteiger partial charge in [-0.05, 0) is 81.0 Å². The second-order valence-corrected chi connectivity index (χ2v) is 15.4. The molecule has 0 unspecified atom stereocenters. The maximum Gasteiger partial charge on any atom is 0.263 e. The topological polar surface area (TPSA) is 90.4 Å². The summed E-state index contributed by atoms with van der Waals surface area (Å²) < 4.78 is 5.62. The molecule has 1 N–H and O–H groups in total. The van der Waals surface area contributed by atoms with Gasteiger partial charge in [-0.25, -0.2) is 9.98 Å². The van der Waals surface area contributed by atoms with Crippen LogP contribution in [-0.2, 0) is 15.1 Å². The fourth-order valence-electron chi connectivity index (χ4n) is 7.68. The largest absolute Gasteiger partial charge is 0.495 e. The molecule has 5 heterocycles. The first kappa shape index (κ1) is 31.8. The summed E-state index contributed by atoms with van der Waals surface area (Å²) in [5, 5.41) is 5.26. The van der Waals surface area contributed by atoms with Crippen molar-refractivity contribution < 1.29 is 14.3 Å². The van der Waals surface area contributed by atoms with Gasteiger partial charge in [0.2, 0.25) is 5.91 Å². The number of nitrogens with zero attached hydrogens (tertiary/aromatic N) is 5. The monoisotopic (exact) mass is 682 g/mol. The number of rotatable bonds is 6. The fraction of sp³-hybridized carbons (Fsp3) is 0.529. The molecule has 2 aromatic rings. The molecule has 4 atom stereocenters. The highest BCUT2D eigenvalue weighted by atomic mass is 35.5. The molecule has 2 amide bonds. The minimum atomic E-state index is -0.756. The van der Waals surface area contributed by atoms with Gasteiger partial charge >= 0.3 is 0 Å². The van der Waals surface area contributed by atoms with Crippen LogP contribution in [0.5, 0.6) is 5.75 Å². The number of methoxy groups -OCH3 is 1. The molecule has 1 aromatic carbocycles. The molecule has 1 spiro atoms. The van der Waals surface area contributed by atoms with Gasteiger partial charge in [0.25, 0.3) is 5.91 Å². The predicted molar refractivity (Wildman–Crippen MR) is 182 cm³/mol. The van der Waals surface area contributed by atoms with Crippen molar-refractivity contribution >= 4 is 51.9 Å². The lowest BCUT2D eigenvalue weighted by atomic mass is 9.81. The van der Waals surface area contributed by atoms with E-state index in [1.807, 2.05) is 34.1 Å². The molecule has 46 heavy (non-hydrogen) atoms. The normalized spacial score (nSPS) is 28.3. The number of hydrogen-bond donors (Lipinski definition) is 1. The number of carbonyl (C=O) groups is 2. The Balaban J connectivity index is 1.28. The Morgan fingerprint density at radius 1 is 1.15 bits per heavy atom. The number of thioether (sulfide) groups is 1. The highest BCUT2D eigenvalue weighted by Gasteiger charge is 2.55. The highest BCUT2D eigenvalue weighted by molar-refractivity contribution is 8.18. The molecule has 0 bridgehead atoms. The summed E-state index contributed by atoms with van der Waals surface area (Å²) in [6.45, 7) is 10.6. The molecule has 5 aliphatic rings. The van der Waals surface area contributed by atoms with E-state index in [0.29, 0.717) is 33.8 Å². The molecule has 244 valence electrons. The van der Waals surface area contributed by atoms with E-state index in [1.165, 1.54) is 11.8 Å². The fourth-order valence-corrected chi connectivity index (χ4v) is 9.34. The zero-order valence-corrected chi connectivity index (χ0v) is 29.2. The smallest absolute Gasteiger partial charge is 0.263 e. The summed E-state index contributed by atoms with van der Waals surface area (Å²) in [5.41, 5.74) is 2.07. The van der Waals surface area contributed by atoms with Crippen LogP contribution in [0.15, 0.2) is 52.1 Å². The second-order valence-electron chi connectivity index (χ2n) is 13.7. The summed E-state index contributed by atoms with van der Waals surface area (Å²) in [6.07, 6.45) is 5.45. The molecular formula is C34H40Cl2N6O3S. The summed E-state index contributed by atoms with van der Waals surface area (Å²) in [4.78, 5) is 45.1. The minimum Gasteiger partial charge on any atom is -0.495 e. The van der Waals surface area contributed by atoms with E-state index >= 15 is 0 Å². The number of fused-ring (bicyclic) bond motifs is 1. The number of piperazine rings is 1. The number of allylic oxidation sites excluding steroid dienone is 1. The number of halogens is 2. The summed E-state index contributed by atoms with van der Waals surface area (Å²) in [5.74, 6) is 0.548.